The predicted molar refractivity (Wildman–Crippen MR) is 98.9 cm³/mol. The van der Waals surface area contributed by atoms with Crippen LogP contribution in [0.25, 0.3) is 0 Å². The van der Waals surface area contributed by atoms with Gasteiger partial charge in [0.25, 0.3) is 0 Å². The molecule has 0 nitrogen and oxygen atoms in total. The van der Waals surface area contributed by atoms with Crippen LogP contribution in [0.1, 0.15) is 110 Å². The van der Waals surface area contributed by atoms with Gasteiger partial charge in [0.1, 0.15) is 0 Å². The predicted octanol–water partition coefficient (Wildman–Crippen LogP) is 7.99. The first kappa shape index (κ1) is 20.5. The van der Waals surface area contributed by atoms with Crippen LogP contribution < -0.4 is 0 Å². The first-order chi connectivity index (χ1) is 10.4. The summed E-state index contributed by atoms with van der Waals surface area (Å²) in [5.41, 5.74) is 0. The Balaban J connectivity index is 3.11. The van der Waals surface area contributed by atoms with Gasteiger partial charge in [-0.2, -0.15) is 0 Å². The van der Waals surface area contributed by atoms with Crippen molar-refractivity contribution >= 4 is 0 Å². The maximum Gasteiger partial charge on any atom is -0.0169 e. The zero-order valence-corrected chi connectivity index (χ0v) is 14.9. The Morgan fingerprint density at radius 2 is 0.810 bits per heavy atom. The number of rotatable bonds is 16. The molecule has 0 atom stereocenters. The first-order valence-electron chi connectivity index (χ1n) is 9.71. The summed E-state index contributed by atoms with van der Waals surface area (Å²) in [6.45, 7) is 4.55. The van der Waals surface area contributed by atoms with Crippen LogP contribution in [0.5, 0.6) is 0 Å². The van der Waals surface area contributed by atoms with E-state index in [-0.39, 0.29) is 0 Å². The first-order valence-corrected chi connectivity index (χ1v) is 9.71. The van der Waals surface area contributed by atoms with Crippen molar-refractivity contribution in [2.24, 2.45) is 0 Å². The Kier molecular flexibility index (Phi) is 19.0. The Morgan fingerprint density at radius 1 is 0.429 bits per heavy atom. The van der Waals surface area contributed by atoms with Crippen molar-refractivity contribution in [2.75, 3.05) is 0 Å². The van der Waals surface area contributed by atoms with Crippen LogP contribution in [0.3, 0.4) is 0 Å². The fourth-order valence-corrected chi connectivity index (χ4v) is 2.59. The Morgan fingerprint density at radius 3 is 1.33 bits per heavy atom. The molecular formula is C21H40. The Labute approximate surface area is 135 Å². The summed E-state index contributed by atoms with van der Waals surface area (Å²) in [7, 11) is 0. The Hall–Kier alpha value is -0.520. The fourth-order valence-electron chi connectivity index (χ4n) is 2.59. The molecule has 0 radical (unpaired) electrons. The van der Waals surface area contributed by atoms with Crippen LogP contribution in [0.15, 0.2) is 24.3 Å². The van der Waals surface area contributed by atoms with Gasteiger partial charge in [0.05, 0.1) is 0 Å². The van der Waals surface area contributed by atoms with Crippen molar-refractivity contribution in [1.82, 2.24) is 0 Å². The third kappa shape index (κ3) is 19.5. The zero-order chi connectivity index (χ0) is 15.4. The minimum atomic E-state index is 1.13. The molecule has 0 rings (SSSR count). The van der Waals surface area contributed by atoms with E-state index >= 15 is 0 Å². The quantitative estimate of drug-likeness (QED) is 0.200. The molecule has 0 heterocycles. The molecule has 0 N–H and O–H groups in total. The van der Waals surface area contributed by atoms with Gasteiger partial charge in [0.2, 0.25) is 0 Å². The number of hydrogen-bond acceptors (Lipinski definition) is 0. The van der Waals surface area contributed by atoms with E-state index in [1.807, 2.05) is 0 Å². The lowest BCUT2D eigenvalue weighted by molar-refractivity contribution is 0.566. The highest BCUT2D eigenvalue weighted by Crippen LogP contribution is 2.10. The smallest absolute Gasteiger partial charge is 0.0169 e. The van der Waals surface area contributed by atoms with Gasteiger partial charge in [-0.15, -0.1) is 0 Å². The molecule has 0 spiro atoms. The van der Waals surface area contributed by atoms with Gasteiger partial charge < -0.3 is 0 Å². The van der Waals surface area contributed by atoms with Crippen molar-refractivity contribution in [3.05, 3.63) is 24.3 Å². The standard InChI is InChI=1S/C21H40/c1-3-5-7-9-11-13-15-17-19-21-20-18-16-14-12-10-8-6-4-2/h11,13,17,19H,3-10,12,14-16,18,20-21H2,1-2H3. The van der Waals surface area contributed by atoms with Crippen LogP contribution in [0.2, 0.25) is 0 Å². The van der Waals surface area contributed by atoms with Crippen molar-refractivity contribution in [2.45, 2.75) is 110 Å². The maximum absolute atomic E-state index is 2.37. The molecule has 124 valence electrons. The molecule has 0 unspecified atom stereocenters. The number of allylic oxidation sites excluding steroid dienone is 4. The molecule has 0 aromatic carbocycles. The molecule has 0 saturated carbocycles. The summed E-state index contributed by atoms with van der Waals surface area (Å²) in [5, 5.41) is 0. The van der Waals surface area contributed by atoms with E-state index in [1.54, 1.807) is 0 Å². The molecule has 0 aliphatic heterocycles. The minimum Gasteiger partial charge on any atom is -0.0882 e. The highest BCUT2D eigenvalue weighted by molar-refractivity contribution is 4.92. The third-order valence-corrected chi connectivity index (χ3v) is 4.05. The molecule has 0 saturated heterocycles. The highest BCUT2D eigenvalue weighted by atomic mass is 14.0. The van der Waals surface area contributed by atoms with Gasteiger partial charge in [0, 0.05) is 0 Å². The van der Waals surface area contributed by atoms with E-state index < -0.39 is 0 Å². The lowest BCUT2D eigenvalue weighted by atomic mass is 10.1. The average Bonchev–Trinajstić information content (AvgIpc) is 2.50. The molecule has 0 aromatic rings. The zero-order valence-electron chi connectivity index (χ0n) is 14.9. The van der Waals surface area contributed by atoms with Crippen LogP contribution in [-0.2, 0) is 0 Å². The molecule has 0 fully saturated rings. The van der Waals surface area contributed by atoms with Gasteiger partial charge in [0.15, 0.2) is 0 Å². The van der Waals surface area contributed by atoms with Crippen LogP contribution in [-0.4, -0.2) is 0 Å². The molecular weight excluding hydrogens is 252 g/mol. The van der Waals surface area contributed by atoms with Crippen molar-refractivity contribution in [1.29, 1.82) is 0 Å². The molecule has 0 aliphatic carbocycles. The van der Waals surface area contributed by atoms with E-state index in [4.69, 9.17) is 0 Å². The second kappa shape index (κ2) is 19.5. The Bertz CT molecular complexity index is 224. The maximum atomic E-state index is 2.37. The molecule has 21 heavy (non-hydrogen) atoms. The van der Waals surface area contributed by atoms with E-state index in [9.17, 15) is 0 Å². The van der Waals surface area contributed by atoms with Gasteiger partial charge in [-0.3, -0.25) is 0 Å². The van der Waals surface area contributed by atoms with Crippen LogP contribution in [0.4, 0.5) is 0 Å². The lowest BCUT2D eigenvalue weighted by Gasteiger charge is -2.00. The topological polar surface area (TPSA) is 0 Å². The van der Waals surface area contributed by atoms with E-state index in [2.05, 4.69) is 38.2 Å². The normalized spacial score (nSPS) is 11.9. The average molecular weight is 293 g/mol. The second-order valence-electron chi connectivity index (χ2n) is 6.29. The van der Waals surface area contributed by atoms with Crippen molar-refractivity contribution in [3.63, 3.8) is 0 Å². The largest absolute Gasteiger partial charge is 0.0882 e. The van der Waals surface area contributed by atoms with Crippen LogP contribution >= 0.6 is 0 Å². The van der Waals surface area contributed by atoms with E-state index in [0.29, 0.717) is 0 Å². The second-order valence-corrected chi connectivity index (χ2v) is 6.29. The number of hydrogen-bond donors (Lipinski definition) is 0. The summed E-state index contributed by atoms with van der Waals surface area (Å²) in [6.07, 6.45) is 29.9. The van der Waals surface area contributed by atoms with Gasteiger partial charge >= 0.3 is 0 Å². The summed E-state index contributed by atoms with van der Waals surface area (Å²) in [4.78, 5) is 0. The van der Waals surface area contributed by atoms with Gasteiger partial charge in [-0.05, 0) is 32.1 Å². The fraction of sp³-hybridized carbons (Fsp3) is 0.810. The molecule has 0 heteroatoms. The summed E-state index contributed by atoms with van der Waals surface area (Å²) in [5.74, 6) is 0. The molecule has 0 aliphatic rings. The monoisotopic (exact) mass is 292 g/mol. The third-order valence-electron chi connectivity index (χ3n) is 4.05. The van der Waals surface area contributed by atoms with Crippen molar-refractivity contribution in [3.8, 4) is 0 Å². The number of unbranched alkanes of at least 4 members (excludes halogenated alkanes) is 12. The highest BCUT2D eigenvalue weighted by Gasteiger charge is 1.91. The van der Waals surface area contributed by atoms with Gasteiger partial charge in [-0.1, -0.05) is 102 Å². The van der Waals surface area contributed by atoms with Gasteiger partial charge in [-0.25, -0.2) is 0 Å². The van der Waals surface area contributed by atoms with E-state index in [0.717, 1.165) is 6.42 Å². The summed E-state index contributed by atoms with van der Waals surface area (Å²) >= 11 is 0. The summed E-state index contributed by atoms with van der Waals surface area (Å²) < 4.78 is 0. The lowest BCUT2D eigenvalue weighted by Crippen LogP contribution is -1.80. The molecule has 0 aromatic heterocycles. The molecule has 0 bridgehead atoms. The van der Waals surface area contributed by atoms with Crippen LogP contribution in [0, 0.1) is 0 Å². The minimum absolute atomic E-state index is 1.13. The summed E-state index contributed by atoms with van der Waals surface area (Å²) in [6, 6.07) is 0. The van der Waals surface area contributed by atoms with E-state index in [1.165, 1.54) is 89.9 Å². The SMILES string of the molecule is CCCCCC=CCC=CCCCCCCCCCCC. The molecule has 0 amide bonds. The van der Waals surface area contributed by atoms with Crippen molar-refractivity contribution < 1.29 is 0 Å².